The van der Waals surface area contributed by atoms with Gasteiger partial charge in [-0.15, -0.1) is 0 Å². The molecule has 0 aromatic heterocycles. The molecule has 2 N–H and O–H groups in total. The summed E-state index contributed by atoms with van der Waals surface area (Å²) in [6.07, 6.45) is 4.86. The predicted octanol–water partition coefficient (Wildman–Crippen LogP) is 4.84. The van der Waals surface area contributed by atoms with Crippen LogP contribution in [0.25, 0.3) is 0 Å². The Morgan fingerprint density at radius 2 is 1.78 bits per heavy atom. The van der Waals surface area contributed by atoms with Crippen LogP contribution in [0.2, 0.25) is 0 Å². The number of nitrogens with one attached hydrogen (secondary N) is 1. The number of hydrogen-bond donors (Lipinski definition) is 2. The molecule has 0 unspecified atom stereocenters. The van der Waals surface area contributed by atoms with Crippen LogP contribution in [0.5, 0.6) is 0 Å². The second-order valence-corrected chi connectivity index (χ2v) is 9.30. The van der Waals surface area contributed by atoms with Crippen molar-refractivity contribution in [1.82, 2.24) is 4.90 Å². The number of para-hydroxylation sites is 1. The van der Waals surface area contributed by atoms with Crippen LogP contribution in [0, 0.1) is 5.92 Å². The minimum Gasteiger partial charge on any atom is -0.389 e. The molecule has 5 heteroatoms. The van der Waals surface area contributed by atoms with Crippen LogP contribution in [0.1, 0.15) is 57.6 Å². The number of nitrogens with zero attached hydrogens (tertiary/aromatic N) is 2. The molecule has 1 aliphatic carbocycles. The maximum absolute atomic E-state index is 12.9. The fourth-order valence-corrected chi connectivity index (χ4v) is 5.74. The van der Waals surface area contributed by atoms with Crippen LogP contribution in [-0.2, 0) is 4.79 Å². The summed E-state index contributed by atoms with van der Waals surface area (Å²) in [7, 11) is 0. The Bertz CT molecular complexity index is 882. The highest BCUT2D eigenvalue weighted by Gasteiger charge is 2.49. The molecule has 1 heterocycles. The van der Waals surface area contributed by atoms with Gasteiger partial charge in [0.05, 0.1) is 12.1 Å². The Morgan fingerprint density at radius 1 is 1.06 bits per heavy atom. The molecule has 5 nitrogen and oxygen atoms in total. The van der Waals surface area contributed by atoms with E-state index in [-0.39, 0.29) is 17.9 Å². The normalized spacial score (nSPS) is 25.7. The number of carbonyl (C=O) groups excluding carboxylic acids is 1. The predicted molar refractivity (Wildman–Crippen MR) is 131 cm³/mol. The monoisotopic (exact) mass is 435 g/mol. The quantitative estimate of drug-likeness (QED) is 0.653. The van der Waals surface area contributed by atoms with Crippen molar-refractivity contribution in [3.8, 4) is 0 Å². The van der Waals surface area contributed by atoms with Crippen LogP contribution >= 0.6 is 0 Å². The van der Waals surface area contributed by atoms with Gasteiger partial charge < -0.3 is 15.3 Å². The van der Waals surface area contributed by atoms with Gasteiger partial charge in [0.15, 0.2) is 0 Å². The highest BCUT2D eigenvalue weighted by Crippen LogP contribution is 2.49. The Hall–Kier alpha value is -2.37. The van der Waals surface area contributed by atoms with Gasteiger partial charge in [-0.2, -0.15) is 0 Å². The first-order valence-corrected chi connectivity index (χ1v) is 12.2. The number of piperidine rings is 1. The van der Waals surface area contributed by atoms with Crippen molar-refractivity contribution in [3.05, 3.63) is 60.2 Å². The first kappa shape index (κ1) is 22.8. The topological polar surface area (TPSA) is 55.8 Å². The second-order valence-electron chi connectivity index (χ2n) is 9.30. The number of fused-ring (bicyclic) bond motifs is 1. The average Bonchev–Trinajstić information content (AvgIpc) is 2.81. The number of benzene rings is 2. The van der Waals surface area contributed by atoms with E-state index in [0.717, 1.165) is 57.4 Å². The standard InChI is InChI=1S/C27H37N3O2/c1-3-29(4-2)23-15-13-21(14-16-23)26-24-12-8-9-17-27(24,32)18-19-30(26)20-25(31)28-22-10-6-5-7-11-22/h5-7,10-11,13-16,24,26,32H,3-4,8-9,12,17-20H2,1-2H3,(H,28,31)/t24-,26+,27+/m1/s1. The van der Waals surface area contributed by atoms with Crippen molar-refractivity contribution in [1.29, 1.82) is 0 Å². The lowest BCUT2D eigenvalue weighted by molar-refractivity contribution is -0.135. The largest absolute Gasteiger partial charge is 0.389 e. The van der Waals surface area contributed by atoms with Gasteiger partial charge in [-0.05, 0) is 62.9 Å². The fourth-order valence-electron chi connectivity index (χ4n) is 5.74. The van der Waals surface area contributed by atoms with Crippen molar-refractivity contribution in [2.24, 2.45) is 5.92 Å². The van der Waals surface area contributed by atoms with Gasteiger partial charge >= 0.3 is 0 Å². The van der Waals surface area contributed by atoms with Gasteiger partial charge in [0, 0.05) is 43.0 Å². The zero-order valence-electron chi connectivity index (χ0n) is 19.5. The summed E-state index contributed by atoms with van der Waals surface area (Å²) in [5.74, 6) is 0.163. The summed E-state index contributed by atoms with van der Waals surface area (Å²) in [4.78, 5) is 17.5. The third kappa shape index (κ3) is 4.84. The van der Waals surface area contributed by atoms with Crippen molar-refractivity contribution in [2.45, 2.75) is 57.6 Å². The van der Waals surface area contributed by atoms with Crippen LogP contribution in [-0.4, -0.2) is 47.7 Å². The van der Waals surface area contributed by atoms with Crippen LogP contribution in [0.4, 0.5) is 11.4 Å². The van der Waals surface area contributed by atoms with Gasteiger partial charge in [-0.3, -0.25) is 9.69 Å². The van der Waals surface area contributed by atoms with E-state index in [9.17, 15) is 9.90 Å². The minimum absolute atomic E-state index is 0.00205. The zero-order chi connectivity index (χ0) is 22.6. The van der Waals surface area contributed by atoms with E-state index in [2.05, 4.69) is 53.2 Å². The molecule has 0 radical (unpaired) electrons. The van der Waals surface area contributed by atoms with Gasteiger partial charge in [0.1, 0.15) is 0 Å². The van der Waals surface area contributed by atoms with Crippen LogP contribution in [0.3, 0.4) is 0 Å². The number of anilines is 2. The van der Waals surface area contributed by atoms with Crippen LogP contribution < -0.4 is 10.2 Å². The Balaban J connectivity index is 1.58. The number of rotatable bonds is 7. The smallest absolute Gasteiger partial charge is 0.238 e. The summed E-state index contributed by atoms with van der Waals surface area (Å²) >= 11 is 0. The molecule has 32 heavy (non-hydrogen) atoms. The molecule has 2 aromatic rings. The Kier molecular flexibility index (Phi) is 7.17. The average molecular weight is 436 g/mol. The van der Waals surface area contributed by atoms with Gasteiger partial charge in [-0.1, -0.05) is 43.2 Å². The van der Waals surface area contributed by atoms with Crippen molar-refractivity contribution in [3.63, 3.8) is 0 Å². The summed E-state index contributed by atoms with van der Waals surface area (Å²) in [6, 6.07) is 18.5. The number of hydrogen-bond acceptors (Lipinski definition) is 4. The molecule has 4 rings (SSSR count). The first-order valence-electron chi connectivity index (χ1n) is 12.2. The molecule has 1 saturated heterocycles. The first-order chi connectivity index (χ1) is 15.5. The molecule has 2 fully saturated rings. The van der Waals surface area contributed by atoms with E-state index < -0.39 is 5.60 Å². The highest BCUT2D eigenvalue weighted by molar-refractivity contribution is 5.92. The molecule has 1 saturated carbocycles. The second kappa shape index (κ2) is 10.1. The van der Waals surface area contributed by atoms with E-state index in [1.807, 2.05) is 30.3 Å². The van der Waals surface area contributed by atoms with Gasteiger partial charge in [0.25, 0.3) is 0 Å². The Labute approximate surface area is 192 Å². The van der Waals surface area contributed by atoms with Gasteiger partial charge in [0.2, 0.25) is 5.91 Å². The van der Waals surface area contributed by atoms with Crippen molar-refractivity contribution >= 4 is 17.3 Å². The number of carbonyl (C=O) groups is 1. The number of likely N-dealkylation sites (tertiary alicyclic amines) is 1. The molecule has 2 aromatic carbocycles. The molecule has 1 aliphatic heterocycles. The molecule has 0 spiro atoms. The summed E-state index contributed by atoms with van der Waals surface area (Å²) < 4.78 is 0. The zero-order valence-corrected chi connectivity index (χ0v) is 19.5. The molecule has 0 bridgehead atoms. The van der Waals surface area contributed by atoms with E-state index in [0.29, 0.717) is 6.54 Å². The van der Waals surface area contributed by atoms with E-state index in [4.69, 9.17) is 0 Å². The summed E-state index contributed by atoms with van der Waals surface area (Å²) in [5, 5.41) is 14.5. The summed E-state index contributed by atoms with van der Waals surface area (Å²) in [5.41, 5.74) is 2.64. The highest BCUT2D eigenvalue weighted by atomic mass is 16.3. The maximum Gasteiger partial charge on any atom is 0.238 e. The minimum atomic E-state index is -0.618. The van der Waals surface area contributed by atoms with E-state index in [1.54, 1.807) is 0 Å². The van der Waals surface area contributed by atoms with Crippen molar-refractivity contribution < 1.29 is 9.90 Å². The van der Waals surface area contributed by atoms with Crippen LogP contribution in [0.15, 0.2) is 54.6 Å². The molecule has 172 valence electrons. The summed E-state index contributed by atoms with van der Waals surface area (Å²) in [6.45, 7) is 7.38. The lowest BCUT2D eigenvalue weighted by atomic mass is 9.66. The van der Waals surface area contributed by atoms with E-state index in [1.165, 1.54) is 11.3 Å². The Morgan fingerprint density at radius 3 is 2.47 bits per heavy atom. The molecular weight excluding hydrogens is 398 g/mol. The third-order valence-electron chi connectivity index (χ3n) is 7.44. The SMILES string of the molecule is CCN(CC)c1ccc([C@H]2[C@H]3CCCC[C@]3(O)CCN2CC(=O)Nc2ccccc2)cc1. The molecule has 3 atom stereocenters. The number of aliphatic hydroxyl groups is 1. The maximum atomic E-state index is 12.9. The lowest BCUT2D eigenvalue weighted by Crippen LogP contribution is -2.56. The molecule has 1 amide bonds. The lowest BCUT2D eigenvalue weighted by Gasteiger charge is -2.52. The third-order valence-corrected chi connectivity index (χ3v) is 7.44. The molecule has 2 aliphatic rings. The number of amides is 1. The fraction of sp³-hybridized carbons (Fsp3) is 0.519. The van der Waals surface area contributed by atoms with Gasteiger partial charge in [-0.25, -0.2) is 0 Å². The van der Waals surface area contributed by atoms with Crippen molar-refractivity contribution in [2.75, 3.05) is 36.4 Å². The van der Waals surface area contributed by atoms with E-state index >= 15 is 0 Å². The molecular formula is C27H37N3O2.